The van der Waals surface area contributed by atoms with E-state index in [1.165, 1.54) is 0 Å². The molecule has 0 amide bonds. The van der Waals surface area contributed by atoms with Crippen LogP contribution in [0.5, 0.6) is 0 Å². The molecule has 0 aliphatic carbocycles. The maximum Gasteiger partial charge on any atom is 0.335 e. The average Bonchev–Trinajstić information content (AvgIpc) is 2.69. The zero-order chi connectivity index (χ0) is 15.4. The molecule has 5 nitrogen and oxygen atoms in total. The molecule has 0 fully saturated rings. The standard InChI is InChI=1S/C15H18ClN3O2/c1-10-13(14(16)19(2)18-10)9-17-8-7-11-5-3-4-6-12(11)15(20)21/h3-6,17H,7-9H2,1-2H3,(H,20,21). The maximum atomic E-state index is 11.1. The van der Waals surface area contributed by atoms with Crippen molar-refractivity contribution in [3.63, 3.8) is 0 Å². The van der Waals surface area contributed by atoms with E-state index in [0.717, 1.165) is 16.8 Å². The smallest absolute Gasteiger partial charge is 0.335 e. The Hall–Kier alpha value is -1.85. The summed E-state index contributed by atoms with van der Waals surface area (Å²) in [6.07, 6.45) is 0.652. The zero-order valence-corrected chi connectivity index (χ0v) is 12.8. The van der Waals surface area contributed by atoms with Crippen molar-refractivity contribution in [1.29, 1.82) is 0 Å². The average molecular weight is 308 g/mol. The highest BCUT2D eigenvalue weighted by Crippen LogP contribution is 2.18. The molecule has 112 valence electrons. The van der Waals surface area contributed by atoms with Gasteiger partial charge >= 0.3 is 5.97 Å². The van der Waals surface area contributed by atoms with Gasteiger partial charge in [0, 0.05) is 19.2 Å². The predicted octanol–water partition coefficient (Wildman–Crippen LogP) is 2.41. The molecule has 1 aromatic carbocycles. The summed E-state index contributed by atoms with van der Waals surface area (Å²) in [4.78, 5) is 11.1. The van der Waals surface area contributed by atoms with Crippen LogP contribution in [0, 0.1) is 6.92 Å². The Morgan fingerprint density at radius 3 is 2.76 bits per heavy atom. The second-order valence-electron chi connectivity index (χ2n) is 4.87. The van der Waals surface area contributed by atoms with Crippen LogP contribution in [0.3, 0.4) is 0 Å². The Balaban J connectivity index is 1.92. The molecule has 0 spiro atoms. The van der Waals surface area contributed by atoms with Gasteiger partial charge < -0.3 is 10.4 Å². The Morgan fingerprint density at radius 2 is 2.14 bits per heavy atom. The number of aryl methyl sites for hydroxylation is 2. The molecule has 0 saturated heterocycles. The number of hydrogen-bond acceptors (Lipinski definition) is 3. The fourth-order valence-electron chi connectivity index (χ4n) is 2.26. The van der Waals surface area contributed by atoms with E-state index in [0.29, 0.717) is 30.2 Å². The fraction of sp³-hybridized carbons (Fsp3) is 0.333. The van der Waals surface area contributed by atoms with Crippen LogP contribution in [-0.4, -0.2) is 27.4 Å². The van der Waals surface area contributed by atoms with E-state index in [9.17, 15) is 4.79 Å². The molecule has 0 bridgehead atoms. The first-order valence-corrected chi connectivity index (χ1v) is 7.08. The molecule has 0 aliphatic rings. The van der Waals surface area contributed by atoms with Gasteiger partial charge in [0.15, 0.2) is 0 Å². The number of carbonyl (C=O) groups is 1. The number of aromatic carboxylic acids is 1. The summed E-state index contributed by atoms with van der Waals surface area (Å²) in [6.45, 7) is 3.21. The summed E-state index contributed by atoms with van der Waals surface area (Å²) in [7, 11) is 1.81. The van der Waals surface area contributed by atoms with Crippen LogP contribution in [0.1, 0.15) is 27.2 Å². The van der Waals surface area contributed by atoms with Crippen LogP contribution in [0.4, 0.5) is 0 Å². The summed E-state index contributed by atoms with van der Waals surface area (Å²) < 4.78 is 1.65. The molecule has 21 heavy (non-hydrogen) atoms. The highest BCUT2D eigenvalue weighted by molar-refractivity contribution is 6.30. The minimum absolute atomic E-state index is 0.356. The molecular formula is C15H18ClN3O2. The highest BCUT2D eigenvalue weighted by atomic mass is 35.5. The van der Waals surface area contributed by atoms with Gasteiger partial charge in [-0.15, -0.1) is 0 Å². The lowest BCUT2D eigenvalue weighted by Crippen LogP contribution is -2.18. The van der Waals surface area contributed by atoms with E-state index in [1.54, 1.807) is 16.8 Å². The number of halogens is 1. The van der Waals surface area contributed by atoms with Gasteiger partial charge in [-0.3, -0.25) is 4.68 Å². The molecule has 6 heteroatoms. The van der Waals surface area contributed by atoms with Gasteiger partial charge in [-0.1, -0.05) is 29.8 Å². The number of carboxylic acid groups (broad SMARTS) is 1. The van der Waals surface area contributed by atoms with Crippen LogP contribution < -0.4 is 5.32 Å². The minimum atomic E-state index is -0.892. The molecule has 1 heterocycles. The van der Waals surface area contributed by atoms with E-state index in [2.05, 4.69) is 10.4 Å². The van der Waals surface area contributed by atoms with Crippen LogP contribution in [0.25, 0.3) is 0 Å². The van der Waals surface area contributed by atoms with Crippen molar-refractivity contribution in [3.05, 3.63) is 51.8 Å². The Morgan fingerprint density at radius 1 is 1.43 bits per heavy atom. The van der Waals surface area contributed by atoms with E-state index in [1.807, 2.05) is 26.1 Å². The van der Waals surface area contributed by atoms with Crippen LogP contribution in [-0.2, 0) is 20.0 Å². The summed E-state index contributed by atoms with van der Waals surface area (Å²) in [5.74, 6) is -0.892. The van der Waals surface area contributed by atoms with Gasteiger partial charge in [0.25, 0.3) is 0 Å². The predicted molar refractivity (Wildman–Crippen MR) is 81.8 cm³/mol. The molecular weight excluding hydrogens is 290 g/mol. The second-order valence-corrected chi connectivity index (χ2v) is 5.23. The van der Waals surface area contributed by atoms with Crippen molar-refractivity contribution in [2.45, 2.75) is 19.9 Å². The van der Waals surface area contributed by atoms with E-state index < -0.39 is 5.97 Å². The first-order chi connectivity index (χ1) is 10.0. The Bertz CT molecular complexity index is 652. The lowest BCUT2D eigenvalue weighted by atomic mass is 10.0. The van der Waals surface area contributed by atoms with Gasteiger partial charge in [-0.2, -0.15) is 5.10 Å². The molecule has 0 aliphatic heterocycles. The normalized spacial score (nSPS) is 10.8. The third kappa shape index (κ3) is 3.62. The lowest BCUT2D eigenvalue weighted by Gasteiger charge is -2.07. The molecule has 1 aromatic heterocycles. The van der Waals surface area contributed by atoms with Crippen molar-refractivity contribution in [2.24, 2.45) is 7.05 Å². The van der Waals surface area contributed by atoms with Gasteiger partial charge in [-0.05, 0) is 31.5 Å². The molecule has 0 radical (unpaired) electrons. The summed E-state index contributed by atoms with van der Waals surface area (Å²) in [5.41, 5.74) is 3.06. The number of carboxylic acids is 1. The quantitative estimate of drug-likeness (QED) is 0.804. The first kappa shape index (κ1) is 15.5. The molecule has 0 unspecified atom stereocenters. The van der Waals surface area contributed by atoms with Crippen molar-refractivity contribution < 1.29 is 9.90 Å². The highest BCUT2D eigenvalue weighted by Gasteiger charge is 2.11. The Kier molecular flexibility index (Phi) is 4.98. The van der Waals surface area contributed by atoms with Crippen LogP contribution in [0.2, 0.25) is 5.15 Å². The third-order valence-electron chi connectivity index (χ3n) is 3.39. The molecule has 0 saturated carbocycles. The topological polar surface area (TPSA) is 67.2 Å². The first-order valence-electron chi connectivity index (χ1n) is 6.70. The molecule has 2 rings (SSSR count). The molecule has 2 N–H and O–H groups in total. The van der Waals surface area contributed by atoms with Crippen LogP contribution >= 0.6 is 11.6 Å². The third-order valence-corrected chi connectivity index (χ3v) is 3.86. The van der Waals surface area contributed by atoms with Crippen molar-refractivity contribution in [3.8, 4) is 0 Å². The largest absolute Gasteiger partial charge is 0.478 e. The SMILES string of the molecule is Cc1nn(C)c(Cl)c1CNCCc1ccccc1C(=O)O. The zero-order valence-electron chi connectivity index (χ0n) is 12.1. The van der Waals surface area contributed by atoms with Crippen molar-refractivity contribution in [2.75, 3.05) is 6.54 Å². The summed E-state index contributed by atoms with van der Waals surface area (Å²) in [6, 6.07) is 7.05. The number of hydrogen-bond donors (Lipinski definition) is 2. The van der Waals surface area contributed by atoms with Crippen LogP contribution in [0.15, 0.2) is 24.3 Å². The minimum Gasteiger partial charge on any atom is -0.478 e. The summed E-state index contributed by atoms with van der Waals surface area (Å²) >= 11 is 6.16. The number of nitrogens with zero attached hydrogens (tertiary/aromatic N) is 2. The van der Waals surface area contributed by atoms with Crippen molar-refractivity contribution >= 4 is 17.6 Å². The number of benzene rings is 1. The van der Waals surface area contributed by atoms with Gasteiger partial charge in [0.05, 0.1) is 11.3 Å². The lowest BCUT2D eigenvalue weighted by molar-refractivity contribution is 0.0695. The molecule has 0 atom stereocenters. The van der Waals surface area contributed by atoms with Crippen molar-refractivity contribution in [1.82, 2.24) is 15.1 Å². The summed E-state index contributed by atoms with van der Waals surface area (Å²) in [5, 5.41) is 17.3. The van der Waals surface area contributed by atoms with Gasteiger partial charge in [-0.25, -0.2) is 4.79 Å². The van der Waals surface area contributed by atoms with E-state index in [-0.39, 0.29) is 0 Å². The monoisotopic (exact) mass is 307 g/mol. The molecule has 2 aromatic rings. The number of aromatic nitrogens is 2. The fourth-order valence-corrected chi connectivity index (χ4v) is 2.50. The number of nitrogens with one attached hydrogen (secondary N) is 1. The Labute approximate surface area is 128 Å². The van der Waals surface area contributed by atoms with E-state index >= 15 is 0 Å². The number of rotatable bonds is 6. The maximum absolute atomic E-state index is 11.1. The second kappa shape index (κ2) is 6.74. The van der Waals surface area contributed by atoms with Gasteiger partial charge in [0.2, 0.25) is 0 Å². The van der Waals surface area contributed by atoms with Gasteiger partial charge in [0.1, 0.15) is 5.15 Å². The van der Waals surface area contributed by atoms with E-state index in [4.69, 9.17) is 16.7 Å².